The fourth-order valence-electron chi connectivity index (χ4n) is 4.48. The summed E-state index contributed by atoms with van der Waals surface area (Å²) < 4.78 is 44.0. The lowest BCUT2D eigenvalue weighted by Gasteiger charge is -2.23. The molecule has 228 valence electrons. The molecular formula is C27H36BF3N6O5. The number of hydrogen-bond acceptors (Lipinski definition) is 8. The van der Waals surface area contributed by atoms with Crippen molar-refractivity contribution < 1.29 is 37.2 Å². The van der Waals surface area contributed by atoms with E-state index in [4.69, 9.17) is 21.9 Å². The van der Waals surface area contributed by atoms with Crippen molar-refractivity contribution in [3.05, 3.63) is 59.2 Å². The van der Waals surface area contributed by atoms with Crippen LogP contribution < -0.4 is 33.3 Å². The van der Waals surface area contributed by atoms with Crippen LogP contribution in [0.25, 0.3) is 0 Å². The van der Waals surface area contributed by atoms with Crippen LogP contribution in [0.1, 0.15) is 36.0 Å². The molecule has 2 aromatic carbocycles. The lowest BCUT2D eigenvalue weighted by molar-refractivity contribution is -0.137. The van der Waals surface area contributed by atoms with Crippen molar-refractivity contribution in [2.24, 2.45) is 17.2 Å². The molecule has 0 bridgehead atoms. The van der Waals surface area contributed by atoms with Crippen molar-refractivity contribution in [3.8, 4) is 0 Å². The molecule has 0 aromatic heterocycles. The summed E-state index contributed by atoms with van der Waals surface area (Å²) in [7, 11) is -1.13. The topological polar surface area (TPSA) is 186 Å². The van der Waals surface area contributed by atoms with Gasteiger partial charge in [-0.2, -0.15) is 13.2 Å². The molecule has 42 heavy (non-hydrogen) atoms. The van der Waals surface area contributed by atoms with E-state index in [9.17, 15) is 32.6 Å². The number of fused-ring (bicyclic) bond motifs is 1. The van der Waals surface area contributed by atoms with Gasteiger partial charge >= 0.3 is 13.3 Å². The Morgan fingerprint density at radius 2 is 1.69 bits per heavy atom. The highest BCUT2D eigenvalue weighted by Gasteiger charge is 2.31. The van der Waals surface area contributed by atoms with Gasteiger partial charge in [-0.15, -0.1) is 0 Å². The minimum absolute atomic E-state index is 0.00621. The normalized spacial score (nSPS) is 14.2. The molecule has 1 aliphatic rings. The van der Waals surface area contributed by atoms with E-state index in [0.29, 0.717) is 29.8 Å². The van der Waals surface area contributed by atoms with Gasteiger partial charge in [0.05, 0.1) is 18.2 Å². The number of anilines is 1. The molecule has 11 nitrogen and oxygen atoms in total. The molecule has 0 saturated heterocycles. The van der Waals surface area contributed by atoms with Crippen molar-refractivity contribution in [1.82, 2.24) is 10.2 Å². The average Bonchev–Trinajstić information content (AvgIpc) is 3.32. The number of benzene rings is 2. The zero-order chi connectivity index (χ0) is 30.9. The molecule has 0 saturated carbocycles. The zero-order valence-corrected chi connectivity index (χ0v) is 23.0. The highest BCUT2D eigenvalue weighted by Crippen LogP contribution is 2.29. The second-order valence-corrected chi connectivity index (χ2v) is 9.96. The SMILES string of the molecule is NCCN(CCN)C(=O)CC[C@H](N)C(=O)N[C@H](CCc1ccc(C(F)(F)F)cc1)C(=O)Nc1ccc2c(c1)B(O)OC2. The van der Waals surface area contributed by atoms with Crippen molar-refractivity contribution in [1.29, 1.82) is 0 Å². The van der Waals surface area contributed by atoms with Crippen LogP contribution in [0, 0.1) is 0 Å². The average molecular weight is 592 g/mol. The van der Waals surface area contributed by atoms with Crippen LogP contribution >= 0.6 is 0 Å². The zero-order valence-electron chi connectivity index (χ0n) is 23.0. The van der Waals surface area contributed by atoms with Gasteiger partial charge < -0.3 is 42.4 Å². The second-order valence-electron chi connectivity index (χ2n) is 9.96. The molecule has 15 heteroatoms. The predicted molar refractivity (Wildman–Crippen MR) is 151 cm³/mol. The van der Waals surface area contributed by atoms with Gasteiger partial charge in [0.1, 0.15) is 6.04 Å². The molecule has 3 rings (SSSR count). The Balaban J connectivity index is 1.68. The first kappa shape index (κ1) is 33.0. The predicted octanol–water partition coefficient (Wildman–Crippen LogP) is -0.167. The molecule has 1 aliphatic heterocycles. The second kappa shape index (κ2) is 15.1. The number of rotatable bonds is 14. The van der Waals surface area contributed by atoms with Crippen LogP contribution in [0.2, 0.25) is 0 Å². The minimum Gasteiger partial charge on any atom is -0.423 e. The molecule has 0 fully saturated rings. The number of carbonyl (C=O) groups excluding carboxylic acids is 3. The summed E-state index contributed by atoms with van der Waals surface area (Å²) >= 11 is 0. The van der Waals surface area contributed by atoms with Gasteiger partial charge in [0.15, 0.2) is 0 Å². The number of carbonyl (C=O) groups is 3. The summed E-state index contributed by atoms with van der Waals surface area (Å²) in [6.07, 6.45) is -4.28. The minimum atomic E-state index is -4.48. The highest BCUT2D eigenvalue weighted by atomic mass is 19.4. The van der Waals surface area contributed by atoms with E-state index in [1.807, 2.05) is 0 Å². The number of halogens is 3. The third-order valence-corrected chi connectivity index (χ3v) is 6.87. The molecule has 9 N–H and O–H groups in total. The van der Waals surface area contributed by atoms with E-state index in [2.05, 4.69) is 10.6 Å². The molecular weight excluding hydrogens is 556 g/mol. The number of aryl methyl sites for hydroxylation is 1. The van der Waals surface area contributed by atoms with Gasteiger partial charge in [-0.1, -0.05) is 18.2 Å². The van der Waals surface area contributed by atoms with Gasteiger partial charge in [-0.3, -0.25) is 14.4 Å². The van der Waals surface area contributed by atoms with Crippen LogP contribution in [0.4, 0.5) is 18.9 Å². The molecule has 0 aliphatic carbocycles. The molecule has 0 unspecified atom stereocenters. The van der Waals surface area contributed by atoms with E-state index in [1.165, 1.54) is 17.0 Å². The first-order valence-electron chi connectivity index (χ1n) is 13.6. The largest absolute Gasteiger partial charge is 0.491 e. The lowest BCUT2D eigenvalue weighted by Crippen LogP contribution is -2.50. The summed E-state index contributed by atoms with van der Waals surface area (Å²) in [5.41, 5.74) is 18.5. The fourth-order valence-corrected chi connectivity index (χ4v) is 4.48. The number of hydrogen-bond donors (Lipinski definition) is 6. The number of alkyl halides is 3. The van der Waals surface area contributed by atoms with E-state index >= 15 is 0 Å². The summed E-state index contributed by atoms with van der Waals surface area (Å²) in [5.74, 6) is -1.52. The van der Waals surface area contributed by atoms with E-state index in [-0.39, 0.29) is 51.3 Å². The molecule has 0 spiro atoms. The number of amides is 3. The van der Waals surface area contributed by atoms with Gasteiger partial charge in [-0.05, 0) is 60.1 Å². The Bertz CT molecular complexity index is 1230. The lowest BCUT2D eigenvalue weighted by atomic mass is 9.79. The Morgan fingerprint density at radius 1 is 1.02 bits per heavy atom. The Morgan fingerprint density at radius 3 is 2.31 bits per heavy atom. The highest BCUT2D eigenvalue weighted by molar-refractivity contribution is 6.61. The first-order chi connectivity index (χ1) is 19.9. The van der Waals surface area contributed by atoms with Gasteiger partial charge in [0.2, 0.25) is 17.7 Å². The van der Waals surface area contributed by atoms with Crippen LogP contribution in [-0.4, -0.2) is 73.0 Å². The molecule has 2 atom stereocenters. The smallest absolute Gasteiger partial charge is 0.423 e. The molecule has 0 radical (unpaired) electrons. The van der Waals surface area contributed by atoms with Gasteiger partial charge in [-0.25, -0.2) is 0 Å². The van der Waals surface area contributed by atoms with Crippen LogP contribution in [0.3, 0.4) is 0 Å². The van der Waals surface area contributed by atoms with Gasteiger partial charge in [0, 0.05) is 38.3 Å². The third kappa shape index (κ3) is 9.26. The summed E-state index contributed by atoms with van der Waals surface area (Å²) in [4.78, 5) is 40.2. The van der Waals surface area contributed by atoms with Crippen molar-refractivity contribution >= 4 is 36.0 Å². The van der Waals surface area contributed by atoms with Crippen LogP contribution in [0.5, 0.6) is 0 Å². The maximum absolute atomic E-state index is 13.3. The molecule has 1 heterocycles. The molecule has 2 aromatic rings. The summed E-state index contributed by atoms with van der Waals surface area (Å²) in [6.45, 7) is 1.37. The number of nitrogens with one attached hydrogen (secondary N) is 2. The van der Waals surface area contributed by atoms with Crippen molar-refractivity contribution in [2.75, 3.05) is 31.5 Å². The van der Waals surface area contributed by atoms with Crippen LogP contribution in [-0.2, 0) is 38.2 Å². The van der Waals surface area contributed by atoms with E-state index < -0.39 is 42.8 Å². The maximum Gasteiger partial charge on any atom is 0.491 e. The summed E-state index contributed by atoms with van der Waals surface area (Å²) in [5, 5.41) is 15.3. The third-order valence-electron chi connectivity index (χ3n) is 6.87. The fraction of sp³-hybridized carbons (Fsp3) is 0.444. The quantitative estimate of drug-likeness (QED) is 0.163. The van der Waals surface area contributed by atoms with Crippen molar-refractivity contribution in [2.45, 2.75) is 50.6 Å². The maximum atomic E-state index is 13.3. The standard InChI is InChI=1S/C27H36BF3N6O5/c29-27(30,31)19-5-1-17(2-6-19)3-9-23(26(40)35-20-7-4-18-16-42-28(41)21(18)15-20)36-25(39)22(34)8-10-24(38)37(13-11-32)14-12-33/h1-2,4-7,15,22-23,41H,3,8-14,16,32-34H2,(H,35,40)(H,36,39)/t22-,23+/m0/s1. The monoisotopic (exact) mass is 592 g/mol. The van der Waals surface area contributed by atoms with Crippen molar-refractivity contribution in [3.63, 3.8) is 0 Å². The Hall–Kier alpha value is -3.50. The molecule has 3 amide bonds. The van der Waals surface area contributed by atoms with Gasteiger partial charge in [0.25, 0.3) is 0 Å². The van der Waals surface area contributed by atoms with E-state index in [0.717, 1.165) is 17.7 Å². The number of nitrogens with two attached hydrogens (primary N) is 3. The number of nitrogens with zero attached hydrogens (tertiary/aromatic N) is 1. The Labute approximate surface area is 242 Å². The summed E-state index contributed by atoms with van der Waals surface area (Å²) in [6, 6.07) is 7.19. The van der Waals surface area contributed by atoms with E-state index in [1.54, 1.807) is 18.2 Å². The Kier molecular flexibility index (Phi) is 11.9. The first-order valence-corrected chi connectivity index (χ1v) is 13.6. The van der Waals surface area contributed by atoms with Crippen LogP contribution in [0.15, 0.2) is 42.5 Å².